The second kappa shape index (κ2) is 3.67. The highest BCUT2D eigenvalue weighted by atomic mass is 16.3. The van der Waals surface area contributed by atoms with Gasteiger partial charge in [-0.25, -0.2) is 0 Å². The molecule has 4 atom stereocenters. The molecule has 19 heavy (non-hydrogen) atoms. The smallest absolute Gasteiger partial charge is 0.161 e. The predicted octanol–water partition coefficient (Wildman–Crippen LogP) is 2.48. The fraction of sp³-hybridized carbons (Fsp3) is 0.353. The predicted molar refractivity (Wildman–Crippen MR) is 73.5 cm³/mol. The summed E-state index contributed by atoms with van der Waals surface area (Å²) in [4.78, 5) is 11.9. The van der Waals surface area contributed by atoms with Crippen LogP contribution >= 0.6 is 0 Å². The van der Waals surface area contributed by atoms with E-state index in [2.05, 4.69) is 36.4 Å². The Kier molecular flexibility index (Phi) is 2.16. The third-order valence-electron chi connectivity index (χ3n) is 5.06. The van der Waals surface area contributed by atoms with Gasteiger partial charge in [-0.3, -0.25) is 4.79 Å². The van der Waals surface area contributed by atoms with Crippen molar-refractivity contribution in [2.24, 2.45) is 11.8 Å². The third-order valence-corrected chi connectivity index (χ3v) is 5.06. The molecule has 2 nitrogen and oxygen atoms in total. The standard InChI is InChI=1S/C17H16O2/c18-15-7-8-17-10-13(15)16(19)9-12(17)6-5-11-3-1-2-4-14(11)17/h1-8,12-13,16,19H,9-10H2/t12-,13?,16?,17+/m1/s1. The highest BCUT2D eigenvalue weighted by molar-refractivity contribution is 5.94. The number of fused-ring (bicyclic) bond motifs is 2. The molecule has 0 aromatic heterocycles. The fourth-order valence-corrected chi connectivity index (χ4v) is 4.06. The number of benzene rings is 1. The number of aliphatic hydroxyl groups is 1. The van der Waals surface area contributed by atoms with Crippen molar-refractivity contribution >= 4 is 11.9 Å². The first-order chi connectivity index (χ1) is 9.21. The van der Waals surface area contributed by atoms with E-state index in [1.165, 1.54) is 11.1 Å². The van der Waals surface area contributed by atoms with Gasteiger partial charge in [0, 0.05) is 11.3 Å². The molecule has 2 bridgehead atoms. The zero-order valence-electron chi connectivity index (χ0n) is 10.6. The van der Waals surface area contributed by atoms with E-state index < -0.39 is 6.10 Å². The molecule has 1 aromatic rings. The molecule has 3 aliphatic carbocycles. The Labute approximate surface area is 112 Å². The summed E-state index contributed by atoms with van der Waals surface area (Å²) in [6.45, 7) is 0. The van der Waals surface area contributed by atoms with Crippen molar-refractivity contribution in [1.82, 2.24) is 0 Å². The van der Waals surface area contributed by atoms with Crippen LogP contribution in [0.25, 0.3) is 6.08 Å². The van der Waals surface area contributed by atoms with Gasteiger partial charge in [0.25, 0.3) is 0 Å². The average Bonchev–Trinajstić information content (AvgIpc) is 2.44. The Balaban J connectivity index is 1.94. The van der Waals surface area contributed by atoms with Crippen LogP contribution in [0.2, 0.25) is 0 Å². The van der Waals surface area contributed by atoms with Crippen molar-refractivity contribution in [1.29, 1.82) is 0 Å². The van der Waals surface area contributed by atoms with Gasteiger partial charge < -0.3 is 5.11 Å². The highest BCUT2D eigenvalue weighted by Crippen LogP contribution is 2.53. The number of allylic oxidation sites excluding steroid dienone is 3. The van der Waals surface area contributed by atoms with Crippen molar-refractivity contribution < 1.29 is 9.90 Å². The number of ketones is 1. The van der Waals surface area contributed by atoms with E-state index in [0.717, 1.165) is 6.42 Å². The Bertz CT molecular complexity index is 613. The minimum absolute atomic E-state index is 0.0802. The molecule has 2 unspecified atom stereocenters. The van der Waals surface area contributed by atoms with Crippen LogP contribution < -0.4 is 0 Å². The van der Waals surface area contributed by atoms with Gasteiger partial charge in [-0.05, 0) is 36.0 Å². The zero-order valence-corrected chi connectivity index (χ0v) is 10.6. The first-order valence-electron chi connectivity index (χ1n) is 6.89. The van der Waals surface area contributed by atoms with Gasteiger partial charge in [0.2, 0.25) is 0 Å². The summed E-state index contributed by atoms with van der Waals surface area (Å²) in [6, 6.07) is 8.41. The molecule has 0 amide bonds. The Morgan fingerprint density at radius 1 is 1.21 bits per heavy atom. The molecule has 1 fully saturated rings. The maximum atomic E-state index is 11.9. The Morgan fingerprint density at radius 2 is 2.05 bits per heavy atom. The lowest BCUT2D eigenvalue weighted by molar-refractivity contribution is -0.126. The average molecular weight is 252 g/mol. The number of carbonyl (C=O) groups excluding carboxylic acids is 1. The number of hydrogen-bond acceptors (Lipinski definition) is 2. The summed E-state index contributed by atoms with van der Waals surface area (Å²) in [5.41, 5.74) is 2.47. The second-order valence-electron chi connectivity index (χ2n) is 5.94. The molecule has 2 heteroatoms. The topological polar surface area (TPSA) is 37.3 Å². The Hall–Kier alpha value is -1.67. The number of carbonyl (C=O) groups is 1. The van der Waals surface area contributed by atoms with E-state index >= 15 is 0 Å². The van der Waals surface area contributed by atoms with Gasteiger partial charge in [0.15, 0.2) is 5.78 Å². The first kappa shape index (κ1) is 11.2. The molecule has 1 spiro atoms. The zero-order chi connectivity index (χ0) is 13.0. The fourth-order valence-electron chi connectivity index (χ4n) is 4.06. The molecule has 1 aromatic carbocycles. The number of aliphatic hydroxyl groups excluding tert-OH is 1. The van der Waals surface area contributed by atoms with Crippen LogP contribution in [0, 0.1) is 11.8 Å². The lowest BCUT2D eigenvalue weighted by Crippen LogP contribution is -2.50. The van der Waals surface area contributed by atoms with E-state index in [1.807, 2.05) is 6.07 Å². The molecule has 96 valence electrons. The summed E-state index contributed by atoms with van der Waals surface area (Å²) < 4.78 is 0. The SMILES string of the molecule is O=C1C=C[C@]23CC1C(O)C[C@H]2C=Cc1ccccc13. The van der Waals surface area contributed by atoms with Crippen LogP contribution in [0.1, 0.15) is 24.0 Å². The van der Waals surface area contributed by atoms with Crippen molar-refractivity contribution in [3.8, 4) is 0 Å². The largest absolute Gasteiger partial charge is 0.392 e. The minimum Gasteiger partial charge on any atom is -0.392 e. The second-order valence-corrected chi connectivity index (χ2v) is 5.94. The van der Waals surface area contributed by atoms with Gasteiger partial charge in [-0.15, -0.1) is 0 Å². The van der Waals surface area contributed by atoms with Gasteiger partial charge in [-0.2, -0.15) is 0 Å². The van der Waals surface area contributed by atoms with Crippen molar-refractivity contribution in [2.45, 2.75) is 24.4 Å². The number of rotatable bonds is 0. The molecule has 0 aliphatic heterocycles. The van der Waals surface area contributed by atoms with Crippen LogP contribution in [0.15, 0.2) is 42.5 Å². The van der Waals surface area contributed by atoms with Gasteiger partial charge in [-0.1, -0.05) is 42.5 Å². The molecule has 1 saturated carbocycles. The maximum absolute atomic E-state index is 11.9. The maximum Gasteiger partial charge on any atom is 0.161 e. The van der Waals surface area contributed by atoms with E-state index in [-0.39, 0.29) is 17.1 Å². The molecule has 0 heterocycles. The van der Waals surface area contributed by atoms with Crippen LogP contribution in [-0.4, -0.2) is 17.0 Å². The Morgan fingerprint density at radius 3 is 2.95 bits per heavy atom. The van der Waals surface area contributed by atoms with Crippen LogP contribution in [0.3, 0.4) is 0 Å². The summed E-state index contributed by atoms with van der Waals surface area (Å²) in [6.07, 6.45) is 9.08. The van der Waals surface area contributed by atoms with Crippen molar-refractivity contribution in [2.75, 3.05) is 0 Å². The molecule has 1 N–H and O–H groups in total. The van der Waals surface area contributed by atoms with E-state index in [0.29, 0.717) is 12.3 Å². The molecule has 3 aliphatic rings. The molecular weight excluding hydrogens is 236 g/mol. The summed E-state index contributed by atoms with van der Waals surface area (Å²) in [7, 11) is 0. The highest BCUT2D eigenvalue weighted by Gasteiger charge is 2.51. The van der Waals surface area contributed by atoms with Crippen molar-refractivity contribution in [3.05, 3.63) is 53.6 Å². The molecular formula is C17H16O2. The van der Waals surface area contributed by atoms with E-state index in [9.17, 15) is 9.90 Å². The van der Waals surface area contributed by atoms with Crippen LogP contribution in [0.5, 0.6) is 0 Å². The van der Waals surface area contributed by atoms with Crippen molar-refractivity contribution in [3.63, 3.8) is 0 Å². The summed E-state index contributed by atoms with van der Waals surface area (Å²) in [5, 5.41) is 10.2. The summed E-state index contributed by atoms with van der Waals surface area (Å²) >= 11 is 0. The lowest BCUT2D eigenvalue weighted by Gasteiger charge is -2.50. The van der Waals surface area contributed by atoms with Gasteiger partial charge in [0.05, 0.1) is 6.10 Å². The molecule has 0 radical (unpaired) electrons. The molecule has 4 rings (SSSR count). The quantitative estimate of drug-likeness (QED) is 0.770. The minimum atomic E-state index is -0.495. The molecule has 0 saturated heterocycles. The van der Waals surface area contributed by atoms with Crippen LogP contribution in [-0.2, 0) is 10.2 Å². The summed E-state index contributed by atoms with van der Waals surface area (Å²) in [5.74, 6) is 0.169. The van der Waals surface area contributed by atoms with E-state index in [1.54, 1.807) is 6.08 Å². The normalized spacial score (nSPS) is 38.8. The van der Waals surface area contributed by atoms with Gasteiger partial charge in [0.1, 0.15) is 0 Å². The number of hydrogen-bond donors (Lipinski definition) is 1. The lowest BCUT2D eigenvalue weighted by atomic mass is 9.54. The van der Waals surface area contributed by atoms with Gasteiger partial charge >= 0.3 is 0 Å². The van der Waals surface area contributed by atoms with Crippen LogP contribution in [0.4, 0.5) is 0 Å². The third kappa shape index (κ3) is 1.38. The monoisotopic (exact) mass is 252 g/mol. The van der Waals surface area contributed by atoms with E-state index in [4.69, 9.17) is 0 Å². The first-order valence-corrected chi connectivity index (χ1v) is 6.89.